The van der Waals surface area contributed by atoms with Crippen LogP contribution in [0.5, 0.6) is 0 Å². The van der Waals surface area contributed by atoms with Crippen molar-refractivity contribution in [1.29, 1.82) is 0 Å². The SMILES string of the molecule is CC(C)(O)C(N)c1ccc(C(F)(F)F)cc1. The highest BCUT2D eigenvalue weighted by atomic mass is 19.4. The number of alkyl halides is 3. The normalized spacial score (nSPS) is 14.9. The molecule has 0 aromatic heterocycles. The smallest absolute Gasteiger partial charge is 0.388 e. The lowest BCUT2D eigenvalue weighted by Gasteiger charge is -2.26. The minimum atomic E-state index is -4.35. The van der Waals surface area contributed by atoms with Gasteiger partial charge in [0, 0.05) is 0 Å². The fourth-order valence-corrected chi connectivity index (χ4v) is 1.29. The standard InChI is InChI=1S/C11H14F3NO/c1-10(2,16)9(15)7-3-5-8(6-4-7)11(12,13)14/h3-6,9,16H,15H2,1-2H3. The van der Waals surface area contributed by atoms with Crippen molar-refractivity contribution in [2.45, 2.75) is 31.7 Å². The van der Waals surface area contributed by atoms with E-state index in [1.165, 1.54) is 26.0 Å². The molecule has 0 saturated heterocycles. The highest BCUT2D eigenvalue weighted by molar-refractivity contribution is 5.27. The first-order chi connectivity index (χ1) is 7.12. The van der Waals surface area contributed by atoms with Gasteiger partial charge in [0.15, 0.2) is 0 Å². The summed E-state index contributed by atoms with van der Waals surface area (Å²) >= 11 is 0. The first-order valence-corrected chi connectivity index (χ1v) is 4.77. The average molecular weight is 233 g/mol. The van der Waals surface area contributed by atoms with Crippen molar-refractivity contribution in [3.63, 3.8) is 0 Å². The van der Waals surface area contributed by atoms with Crippen molar-refractivity contribution >= 4 is 0 Å². The van der Waals surface area contributed by atoms with Gasteiger partial charge in [0.2, 0.25) is 0 Å². The average Bonchev–Trinajstić information content (AvgIpc) is 2.14. The van der Waals surface area contributed by atoms with Gasteiger partial charge in [0.05, 0.1) is 17.2 Å². The summed E-state index contributed by atoms with van der Waals surface area (Å²) in [4.78, 5) is 0. The number of hydrogen-bond acceptors (Lipinski definition) is 2. The molecule has 2 nitrogen and oxygen atoms in total. The van der Waals surface area contributed by atoms with Gasteiger partial charge in [-0.15, -0.1) is 0 Å². The van der Waals surface area contributed by atoms with Gasteiger partial charge in [-0.25, -0.2) is 0 Å². The van der Waals surface area contributed by atoms with Gasteiger partial charge in [-0.3, -0.25) is 0 Å². The lowest BCUT2D eigenvalue weighted by molar-refractivity contribution is -0.137. The molecule has 16 heavy (non-hydrogen) atoms. The Labute approximate surface area is 91.9 Å². The van der Waals surface area contributed by atoms with Gasteiger partial charge in [-0.1, -0.05) is 12.1 Å². The van der Waals surface area contributed by atoms with Gasteiger partial charge in [0.25, 0.3) is 0 Å². The number of rotatable bonds is 2. The number of benzene rings is 1. The Balaban J connectivity index is 2.96. The maximum absolute atomic E-state index is 12.3. The van der Waals surface area contributed by atoms with Crippen LogP contribution in [-0.2, 0) is 6.18 Å². The van der Waals surface area contributed by atoms with Gasteiger partial charge in [-0.05, 0) is 31.5 Å². The molecule has 0 heterocycles. The fourth-order valence-electron chi connectivity index (χ4n) is 1.29. The van der Waals surface area contributed by atoms with Crippen LogP contribution < -0.4 is 5.73 Å². The molecule has 1 rings (SSSR count). The molecule has 0 bridgehead atoms. The number of halogens is 3. The highest BCUT2D eigenvalue weighted by Gasteiger charge is 2.31. The molecule has 1 atom stereocenters. The minimum Gasteiger partial charge on any atom is -0.388 e. The van der Waals surface area contributed by atoms with E-state index in [1.54, 1.807) is 0 Å². The fraction of sp³-hybridized carbons (Fsp3) is 0.455. The van der Waals surface area contributed by atoms with Crippen LogP contribution in [0.25, 0.3) is 0 Å². The summed E-state index contributed by atoms with van der Waals surface area (Å²) in [6.45, 7) is 3.02. The number of aliphatic hydroxyl groups is 1. The first-order valence-electron chi connectivity index (χ1n) is 4.77. The maximum atomic E-state index is 12.3. The molecule has 0 aliphatic heterocycles. The van der Waals surface area contributed by atoms with E-state index in [1.807, 2.05) is 0 Å². The quantitative estimate of drug-likeness (QED) is 0.824. The molecule has 0 fully saturated rings. The largest absolute Gasteiger partial charge is 0.416 e. The monoisotopic (exact) mass is 233 g/mol. The summed E-state index contributed by atoms with van der Waals surface area (Å²) in [5.74, 6) is 0. The van der Waals surface area contributed by atoms with Crippen molar-refractivity contribution < 1.29 is 18.3 Å². The van der Waals surface area contributed by atoms with Crippen molar-refractivity contribution in [2.75, 3.05) is 0 Å². The second-order valence-corrected chi connectivity index (χ2v) is 4.25. The lowest BCUT2D eigenvalue weighted by atomic mass is 9.92. The zero-order chi connectivity index (χ0) is 12.6. The summed E-state index contributed by atoms with van der Waals surface area (Å²) in [6, 6.07) is 3.77. The second kappa shape index (κ2) is 4.07. The van der Waals surface area contributed by atoms with Crippen LogP contribution in [0.1, 0.15) is 31.0 Å². The van der Waals surface area contributed by atoms with Crippen molar-refractivity contribution in [2.24, 2.45) is 5.73 Å². The van der Waals surface area contributed by atoms with Crippen molar-refractivity contribution in [3.05, 3.63) is 35.4 Å². The Bertz CT molecular complexity index is 351. The zero-order valence-electron chi connectivity index (χ0n) is 9.05. The lowest BCUT2D eigenvalue weighted by Crippen LogP contribution is -2.35. The van der Waals surface area contributed by atoms with Crippen molar-refractivity contribution in [1.82, 2.24) is 0 Å². The molecule has 0 saturated carbocycles. The topological polar surface area (TPSA) is 46.2 Å². The molecule has 0 spiro atoms. The Morgan fingerprint density at radius 2 is 1.56 bits per heavy atom. The van der Waals surface area contributed by atoms with E-state index in [2.05, 4.69) is 0 Å². The minimum absolute atomic E-state index is 0.473. The molecule has 1 aromatic rings. The number of nitrogens with two attached hydrogens (primary N) is 1. The van der Waals surface area contributed by atoms with Crippen LogP contribution in [0, 0.1) is 0 Å². The van der Waals surface area contributed by atoms with Crippen LogP contribution in [0.4, 0.5) is 13.2 Å². The van der Waals surface area contributed by atoms with E-state index < -0.39 is 23.4 Å². The van der Waals surface area contributed by atoms with Crippen LogP contribution >= 0.6 is 0 Å². The summed E-state index contributed by atoms with van der Waals surface area (Å²) in [5, 5.41) is 9.62. The molecule has 0 radical (unpaired) electrons. The predicted octanol–water partition coefficient (Wildman–Crippen LogP) is 2.48. The molecule has 3 N–H and O–H groups in total. The molecule has 5 heteroatoms. The van der Waals surface area contributed by atoms with Crippen LogP contribution in [-0.4, -0.2) is 10.7 Å². The van der Waals surface area contributed by atoms with Gasteiger partial charge in [0.1, 0.15) is 0 Å². The third kappa shape index (κ3) is 2.96. The van der Waals surface area contributed by atoms with Crippen molar-refractivity contribution in [3.8, 4) is 0 Å². The third-order valence-electron chi connectivity index (χ3n) is 2.36. The van der Waals surface area contributed by atoms with Crippen LogP contribution in [0.3, 0.4) is 0 Å². The summed E-state index contributed by atoms with van der Waals surface area (Å²) in [6.07, 6.45) is -4.35. The first kappa shape index (κ1) is 13.0. The van der Waals surface area contributed by atoms with E-state index in [0.717, 1.165) is 12.1 Å². The Hall–Kier alpha value is -1.07. The van der Waals surface area contributed by atoms with E-state index in [9.17, 15) is 18.3 Å². The van der Waals surface area contributed by atoms with E-state index in [-0.39, 0.29) is 0 Å². The second-order valence-electron chi connectivity index (χ2n) is 4.25. The molecular formula is C11H14F3NO. The third-order valence-corrected chi connectivity index (χ3v) is 2.36. The Kier molecular flexibility index (Phi) is 3.30. The predicted molar refractivity (Wildman–Crippen MR) is 54.7 cm³/mol. The van der Waals surface area contributed by atoms with E-state index in [4.69, 9.17) is 5.73 Å². The molecule has 1 aromatic carbocycles. The number of hydrogen-bond donors (Lipinski definition) is 2. The van der Waals surface area contributed by atoms with Crippen LogP contribution in [0.15, 0.2) is 24.3 Å². The van der Waals surface area contributed by atoms with Gasteiger partial charge in [-0.2, -0.15) is 13.2 Å². The maximum Gasteiger partial charge on any atom is 0.416 e. The Morgan fingerprint density at radius 1 is 1.12 bits per heavy atom. The van der Waals surface area contributed by atoms with Gasteiger partial charge < -0.3 is 10.8 Å². The zero-order valence-corrected chi connectivity index (χ0v) is 9.05. The van der Waals surface area contributed by atoms with E-state index >= 15 is 0 Å². The highest BCUT2D eigenvalue weighted by Crippen LogP contribution is 2.31. The molecule has 90 valence electrons. The summed E-state index contributed by atoms with van der Waals surface area (Å²) in [5.41, 5.74) is 4.28. The summed E-state index contributed by atoms with van der Waals surface area (Å²) < 4.78 is 36.8. The van der Waals surface area contributed by atoms with Gasteiger partial charge >= 0.3 is 6.18 Å². The molecular weight excluding hydrogens is 219 g/mol. The summed E-state index contributed by atoms with van der Waals surface area (Å²) in [7, 11) is 0. The molecule has 1 unspecified atom stereocenters. The molecule has 0 aliphatic carbocycles. The Morgan fingerprint density at radius 3 is 1.88 bits per heavy atom. The van der Waals surface area contributed by atoms with Crippen LogP contribution in [0.2, 0.25) is 0 Å². The molecule has 0 aliphatic rings. The molecule has 0 amide bonds. The van der Waals surface area contributed by atoms with E-state index in [0.29, 0.717) is 5.56 Å².